The zero-order valence-corrected chi connectivity index (χ0v) is 18.5. The molecule has 0 spiro atoms. The highest BCUT2D eigenvalue weighted by Crippen LogP contribution is 2.23. The maximum absolute atomic E-state index is 12.1. The molecule has 0 saturated carbocycles. The maximum atomic E-state index is 12.1. The molecule has 154 valence electrons. The first-order chi connectivity index (χ1) is 12.6. The van der Waals surface area contributed by atoms with Crippen molar-refractivity contribution in [2.75, 3.05) is 19.0 Å². The summed E-state index contributed by atoms with van der Waals surface area (Å²) in [5.74, 6) is -0.00159. The lowest BCUT2D eigenvalue weighted by atomic mass is 10.1. The van der Waals surface area contributed by atoms with Gasteiger partial charge in [-0.15, -0.1) is 11.8 Å². The van der Waals surface area contributed by atoms with Crippen LogP contribution < -0.4 is 0 Å². The topological polar surface area (TPSA) is 52.6 Å². The van der Waals surface area contributed by atoms with E-state index in [0.717, 1.165) is 18.6 Å². The van der Waals surface area contributed by atoms with E-state index in [-0.39, 0.29) is 12.6 Å². The number of carbonyl (C=O) groups is 2. The molecule has 4 nitrogen and oxygen atoms in total. The van der Waals surface area contributed by atoms with Gasteiger partial charge in [-0.05, 0) is 26.0 Å². The number of esters is 2. The largest absolute Gasteiger partial charge is 0.465 e. The Morgan fingerprint density at radius 2 is 1.23 bits per heavy atom. The maximum Gasteiger partial charge on any atom is 0.320 e. The Morgan fingerprint density at radius 1 is 0.769 bits per heavy atom. The van der Waals surface area contributed by atoms with Crippen LogP contribution in [0, 0.1) is 0 Å². The summed E-state index contributed by atoms with van der Waals surface area (Å²) in [6, 6.07) is 0. The van der Waals surface area contributed by atoms with Crippen molar-refractivity contribution in [3.63, 3.8) is 0 Å². The van der Waals surface area contributed by atoms with E-state index in [4.69, 9.17) is 9.47 Å². The van der Waals surface area contributed by atoms with Gasteiger partial charge in [0.05, 0.1) is 13.2 Å². The average molecular weight is 407 g/mol. The molecule has 2 atom stereocenters. The molecular formula is C20H38O4S2. The van der Waals surface area contributed by atoms with E-state index in [1.807, 2.05) is 0 Å². The highest BCUT2D eigenvalue weighted by atomic mass is 32.2. The number of thiol groups is 1. The fourth-order valence-corrected chi connectivity index (χ4v) is 4.24. The zero-order valence-electron chi connectivity index (χ0n) is 16.8. The molecule has 0 N–H and O–H groups in total. The molecule has 0 fully saturated rings. The number of unbranched alkanes of at least 4 members (excludes halogenated alkanes) is 9. The lowest BCUT2D eigenvalue weighted by Gasteiger charge is -2.20. The molecule has 0 aromatic rings. The molecule has 0 amide bonds. The van der Waals surface area contributed by atoms with Gasteiger partial charge in [-0.1, -0.05) is 64.7 Å². The summed E-state index contributed by atoms with van der Waals surface area (Å²) in [5.41, 5.74) is 0. The van der Waals surface area contributed by atoms with E-state index in [2.05, 4.69) is 19.6 Å². The van der Waals surface area contributed by atoms with E-state index < -0.39 is 16.5 Å². The molecule has 0 aromatic carbocycles. The van der Waals surface area contributed by atoms with Crippen molar-refractivity contribution < 1.29 is 19.1 Å². The minimum absolute atomic E-state index is 0.286. The van der Waals surface area contributed by atoms with Gasteiger partial charge in [0.1, 0.15) is 10.5 Å². The van der Waals surface area contributed by atoms with E-state index in [1.165, 1.54) is 63.1 Å². The quantitative estimate of drug-likeness (QED) is 0.198. The number of rotatable bonds is 17. The van der Waals surface area contributed by atoms with E-state index in [9.17, 15) is 9.59 Å². The number of hydrogen-bond donors (Lipinski definition) is 1. The molecule has 0 aliphatic carbocycles. The van der Waals surface area contributed by atoms with Crippen LogP contribution in [-0.2, 0) is 19.1 Å². The summed E-state index contributed by atoms with van der Waals surface area (Å²) in [6.07, 6.45) is 12.8. The molecule has 6 heteroatoms. The van der Waals surface area contributed by atoms with Crippen LogP contribution in [-0.4, -0.2) is 41.4 Å². The minimum atomic E-state index is -0.776. The Hall–Kier alpha value is -0.360. The van der Waals surface area contributed by atoms with Crippen molar-refractivity contribution in [2.24, 2.45) is 0 Å². The van der Waals surface area contributed by atoms with Crippen LogP contribution >= 0.6 is 24.4 Å². The van der Waals surface area contributed by atoms with Crippen LogP contribution in [0.15, 0.2) is 0 Å². The average Bonchev–Trinajstić information content (AvgIpc) is 2.62. The molecule has 0 aliphatic heterocycles. The number of hydrogen-bond acceptors (Lipinski definition) is 6. The molecule has 0 bridgehead atoms. The van der Waals surface area contributed by atoms with Crippen molar-refractivity contribution in [2.45, 2.75) is 95.5 Å². The highest BCUT2D eigenvalue weighted by molar-refractivity contribution is 8.01. The first kappa shape index (κ1) is 25.6. The number of ether oxygens (including phenoxy) is 2. The first-order valence-electron chi connectivity index (χ1n) is 10.2. The Morgan fingerprint density at radius 3 is 1.73 bits per heavy atom. The third-order valence-electron chi connectivity index (χ3n) is 4.13. The fourth-order valence-electron chi connectivity index (χ4n) is 2.66. The van der Waals surface area contributed by atoms with Crippen molar-refractivity contribution in [1.82, 2.24) is 0 Å². The molecule has 0 aliphatic rings. The van der Waals surface area contributed by atoms with Crippen LogP contribution in [0.4, 0.5) is 0 Å². The van der Waals surface area contributed by atoms with Crippen LogP contribution in [0.5, 0.6) is 0 Å². The zero-order chi connectivity index (χ0) is 19.6. The van der Waals surface area contributed by atoms with Gasteiger partial charge in [-0.25, -0.2) is 0 Å². The van der Waals surface area contributed by atoms with Gasteiger partial charge in [0, 0.05) is 0 Å². The molecule has 26 heavy (non-hydrogen) atoms. The third kappa shape index (κ3) is 12.9. The molecular weight excluding hydrogens is 368 g/mol. The molecule has 0 heterocycles. The van der Waals surface area contributed by atoms with Gasteiger partial charge in [0.2, 0.25) is 0 Å². The van der Waals surface area contributed by atoms with Gasteiger partial charge >= 0.3 is 11.9 Å². The Bertz CT molecular complexity index is 364. The highest BCUT2D eigenvalue weighted by Gasteiger charge is 2.33. The number of carbonyl (C=O) groups excluding carboxylic acids is 2. The van der Waals surface area contributed by atoms with Crippen LogP contribution in [0.2, 0.25) is 0 Å². The standard InChI is InChI=1S/C20H38O4S2/c1-4-7-8-9-10-11-12-13-14-15-16-26-18(20(22)24-6-3)17(25)19(21)23-5-2/h17-18,25H,4-16H2,1-3H3. The van der Waals surface area contributed by atoms with Crippen molar-refractivity contribution in [3.05, 3.63) is 0 Å². The Labute approximate surface area is 170 Å². The lowest BCUT2D eigenvalue weighted by Crippen LogP contribution is -2.36. The molecule has 0 aromatic heterocycles. The van der Waals surface area contributed by atoms with Crippen LogP contribution in [0.3, 0.4) is 0 Å². The van der Waals surface area contributed by atoms with Crippen molar-refractivity contribution >= 4 is 36.3 Å². The summed E-state index contributed by atoms with van der Waals surface area (Å²) in [4.78, 5) is 24.0. The minimum Gasteiger partial charge on any atom is -0.465 e. The monoisotopic (exact) mass is 406 g/mol. The summed E-state index contributed by atoms with van der Waals surface area (Å²) < 4.78 is 10.1. The Kier molecular flexibility index (Phi) is 17.8. The summed E-state index contributed by atoms with van der Waals surface area (Å²) >= 11 is 5.75. The summed E-state index contributed by atoms with van der Waals surface area (Å²) in [6.45, 7) is 6.34. The second-order valence-corrected chi connectivity index (χ2v) is 8.23. The lowest BCUT2D eigenvalue weighted by molar-refractivity contribution is -0.148. The fraction of sp³-hybridized carbons (Fsp3) is 0.900. The van der Waals surface area contributed by atoms with Crippen molar-refractivity contribution in [1.29, 1.82) is 0 Å². The Balaban J connectivity index is 3.96. The van der Waals surface area contributed by atoms with E-state index >= 15 is 0 Å². The number of thioether (sulfide) groups is 1. The second kappa shape index (κ2) is 18.0. The smallest absolute Gasteiger partial charge is 0.320 e. The van der Waals surface area contributed by atoms with Gasteiger partial charge in [0.15, 0.2) is 0 Å². The van der Waals surface area contributed by atoms with Crippen LogP contribution in [0.1, 0.15) is 85.0 Å². The van der Waals surface area contributed by atoms with Crippen LogP contribution in [0.25, 0.3) is 0 Å². The predicted octanol–water partition coefficient (Wildman–Crippen LogP) is 5.43. The predicted molar refractivity (Wildman–Crippen MR) is 114 cm³/mol. The van der Waals surface area contributed by atoms with E-state index in [1.54, 1.807) is 13.8 Å². The summed E-state index contributed by atoms with van der Waals surface area (Å²) in [7, 11) is 0. The summed E-state index contributed by atoms with van der Waals surface area (Å²) in [5, 5.41) is -1.38. The molecule has 0 rings (SSSR count). The van der Waals surface area contributed by atoms with Gasteiger partial charge in [-0.3, -0.25) is 9.59 Å². The molecule has 2 unspecified atom stereocenters. The van der Waals surface area contributed by atoms with Crippen molar-refractivity contribution in [3.8, 4) is 0 Å². The normalized spacial score (nSPS) is 13.2. The SMILES string of the molecule is CCCCCCCCCCCCSC(C(=O)OCC)C(S)C(=O)OCC. The molecule has 0 radical (unpaired) electrons. The first-order valence-corrected chi connectivity index (χ1v) is 11.8. The third-order valence-corrected chi connectivity index (χ3v) is 6.19. The van der Waals surface area contributed by atoms with E-state index in [0.29, 0.717) is 6.61 Å². The van der Waals surface area contributed by atoms with Gasteiger partial charge in [-0.2, -0.15) is 12.6 Å². The van der Waals surface area contributed by atoms with Gasteiger partial charge in [0.25, 0.3) is 0 Å². The molecule has 0 saturated heterocycles. The van der Waals surface area contributed by atoms with Gasteiger partial charge < -0.3 is 9.47 Å². The second-order valence-electron chi connectivity index (χ2n) is 6.42.